The second kappa shape index (κ2) is 59.9. The molecule has 5 aromatic carbocycles. The lowest BCUT2D eigenvalue weighted by atomic mass is 10.2. The number of carboxylic acids is 2. The topological polar surface area (TPSA) is 575 Å². The Bertz CT molecular complexity index is 4810. The van der Waals surface area contributed by atoms with Crippen LogP contribution in [0.15, 0.2) is 164 Å². The predicted octanol–water partition coefficient (Wildman–Crippen LogP) is 13.7. The molecular formula is C83H104F21N19O18. The number of hydrogen-bond acceptors (Lipinski definition) is 26. The molecule has 0 aliphatic carbocycles. The Morgan fingerprint density at radius 2 is 0.752 bits per heavy atom. The number of carbonyl (C=O) groups is 10. The first-order valence-electron chi connectivity index (χ1n) is 40.6. The van der Waals surface area contributed by atoms with Crippen LogP contribution < -0.4 is 76.9 Å². The lowest BCUT2D eigenvalue weighted by molar-refractivity contribution is -0.158. The van der Waals surface area contributed by atoms with Crippen LogP contribution in [0.25, 0.3) is 5.69 Å². The summed E-state index contributed by atoms with van der Waals surface area (Å²) in [5.74, 6) is -5.62. The van der Waals surface area contributed by atoms with Gasteiger partial charge in [-0.2, -0.15) is 112 Å². The van der Waals surface area contributed by atoms with E-state index in [2.05, 4.69) is 62.5 Å². The summed E-state index contributed by atoms with van der Waals surface area (Å²) in [4.78, 5) is 121. The smallest absolute Gasteiger partial charge is 0.408 e. The van der Waals surface area contributed by atoms with Gasteiger partial charge in [-0.1, -0.05) is 127 Å². The highest BCUT2D eigenvalue weighted by atomic mass is 19.4. The molecular weight excluding hydrogens is 1950 g/mol. The van der Waals surface area contributed by atoms with Crippen LogP contribution in [0.1, 0.15) is 119 Å². The van der Waals surface area contributed by atoms with Gasteiger partial charge in [0.05, 0.1) is 75.1 Å². The highest BCUT2D eigenvalue weighted by Crippen LogP contribution is 2.29. The quantitative estimate of drug-likeness (QED) is 0.0132. The summed E-state index contributed by atoms with van der Waals surface area (Å²) in [7, 11) is 0. The summed E-state index contributed by atoms with van der Waals surface area (Å²) < 4.78 is 284. The molecule has 0 saturated carbocycles. The monoisotopic (exact) mass is 2050 g/mol. The third kappa shape index (κ3) is 66.1. The number of halogens is 21. The van der Waals surface area contributed by atoms with Crippen LogP contribution in [0.5, 0.6) is 0 Å². The van der Waals surface area contributed by atoms with E-state index in [1.54, 1.807) is 198 Å². The molecule has 0 saturated heterocycles. The fourth-order valence-electron chi connectivity index (χ4n) is 9.82. The van der Waals surface area contributed by atoms with E-state index in [1.807, 2.05) is 0 Å². The van der Waals surface area contributed by atoms with Gasteiger partial charge in [-0.15, -0.1) is 0 Å². The van der Waals surface area contributed by atoms with Crippen molar-refractivity contribution in [1.82, 2.24) is 56.9 Å². The molecule has 0 radical (unpaired) electrons. The minimum Gasteiger partial charge on any atom is -0.480 e. The van der Waals surface area contributed by atoms with Crippen molar-refractivity contribution in [1.29, 1.82) is 0 Å². The Labute approximate surface area is 789 Å². The predicted molar refractivity (Wildman–Crippen MR) is 459 cm³/mol. The van der Waals surface area contributed by atoms with Gasteiger partial charge >= 0.3 is 91.7 Å². The highest BCUT2D eigenvalue weighted by Gasteiger charge is 2.40. The van der Waals surface area contributed by atoms with E-state index in [0.29, 0.717) is 28.1 Å². The fourth-order valence-corrected chi connectivity index (χ4v) is 9.82. The van der Waals surface area contributed by atoms with Gasteiger partial charge in [0.2, 0.25) is 11.9 Å². The Hall–Kier alpha value is -14.2. The van der Waals surface area contributed by atoms with Gasteiger partial charge in [-0.05, 0) is 82.0 Å². The van der Waals surface area contributed by atoms with E-state index in [1.165, 1.54) is 17.2 Å². The van der Waals surface area contributed by atoms with Gasteiger partial charge < -0.3 is 116 Å². The summed E-state index contributed by atoms with van der Waals surface area (Å²) >= 11 is 0. The number of carbonyl (C=O) groups excluding carboxylic acids is 8. The Kier molecular flexibility index (Phi) is 53.0. The van der Waals surface area contributed by atoms with Gasteiger partial charge in [0, 0.05) is 50.1 Å². The molecule has 0 bridgehead atoms. The van der Waals surface area contributed by atoms with Crippen molar-refractivity contribution in [3.05, 3.63) is 192 Å². The molecule has 7 aromatic rings. The number of nitrogens with one attached hydrogen (secondary N) is 8. The molecule has 786 valence electrons. The zero-order chi connectivity index (χ0) is 108. The van der Waals surface area contributed by atoms with E-state index in [9.17, 15) is 140 Å². The summed E-state index contributed by atoms with van der Waals surface area (Å²) in [5, 5.41) is 42.1. The fraction of sp³-hybridized carbons (Fsp3) is 0.446. The van der Waals surface area contributed by atoms with Crippen LogP contribution in [0, 0.1) is 0 Å². The Balaban J connectivity index is 0.000000839. The summed E-state index contributed by atoms with van der Waals surface area (Å²) in [6.07, 6.45) is -42.7. The average molecular weight is 2050 g/mol. The zero-order valence-electron chi connectivity index (χ0n) is 75.3. The molecule has 1 unspecified atom stereocenters. The summed E-state index contributed by atoms with van der Waals surface area (Å²) in [5.41, 5.74) is 32.9. The van der Waals surface area contributed by atoms with E-state index in [-0.39, 0.29) is 63.4 Å². The molecule has 8 amide bonds. The number of aromatic nitrogens is 5. The van der Waals surface area contributed by atoms with Crippen LogP contribution in [0.4, 0.5) is 138 Å². The molecule has 7 atom stereocenters. The summed E-state index contributed by atoms with van der Waals surface area (Å²) in [6.45, 7) is 8.16. The van der Waals surface area contributed by atoms with Crippen LogP contribution in [0.3, 0.4) is 0 Å². The molecule has 58 heteroatoms. The molecule has 0 aliphatic rings. The van der Waals surface area contributed by atoms with Crippen molar-refractivity contribution in [3.8, 4) is 5.69 Å². The minimum atomic E-state index is -4.70. The number of aliphatic carboxylic acids is 2. The maximum atomic E-state index is 12.7. The number of amides is 8. The van der Waals surface area contributed by atoms with Crippen LogP contribution >= 0.6 is 0 Å². The van der Waals surface area contributed by atoms with E-state index in [0.717, 1.165) is 11.8 Å². The first-order valence-corrected chi connectivity index (χ1v) is 40.6. The molecule has 0 aliphatic heterocycles. The number of alkyl carbamates (subject to hydrolysis) is 6. The number of nitrogens with two attached hydrogens (primary N) is 6. The van der Waals surface area contributed by atoms with Crippen LogP contribution in [-0.2, 0) is 69.2 Å². The number of hydrogen-bond donors (Lipinski definition) is 16. The van der Waals surface area contributed by atoms with Crippen molar-refractivity contribution < 1.29 is 179 Å². The third-order valence-corrected chi connectivity index (χ3v) is 15.8. The van der Waals surface area contributed by atoms with Crippen molar-refractivity contribution in [2.45, 2.75) is 210 Å². The van der Waals surface area contributed by atoms with Gasteiger partial charge in [0.15, 0.2) is 0 Å². The van der Waals surface area contributed by atoms with Crippen LogP contribution in [0.2, 0.25) is 0 Å². The number of benzene rings is 5. The van der Waals surface area contributed by atoms with E-state index < -0.39 is 209 Å². The van der Waals surface area contributed by atoms with E-state index >= 15 is 0 Å². The van der Waals surface area contributed by atoms with Gasteiger partial charge in [0.1, 0.15) is 67.1 Å². The Morgan fingerprint density at radius 1 is 0.404 bits per heavy atom. The highest BCUT2D eigenvalue weighted by molar-refractivity contribution is 5.98. The summed E-state index contributed by atoms with van der Waals surface area (Å²) in [6, 6.07) is 30.7. The van der Waals surface area contributed by atoms with Crippen LogP contribution in [-0.4, -0.2) is 218 Å². The SMILES string of the molecule is CC(C)(C)OC(=O)NC[C@@H](CC(F)(F)F)NC(=O)OCc1ccccc1.CC(C)(C)OC(=O)NC[C@H](N)CC(F)(F)F.NC(=O)[C@@H](CC(F)(F)F)NC(=O)OCc1ccccc1.NCC(CC(F)(F)F)Nc1ncc(C(N)=O)c(Nc2cccc(-n3nccn3)c2)n1.NC[C@@H](CC(F)(F)F)NC(=O)OCc1ccccc1.N[C@H](CC(F)(F)F)C(=O)O.O=C(N[C@H](CC(F)(F)F)C(=O)O)OCc1ccccc1. The third-order valence-electron chi connectivity index (χ3n) is 15.8. The number of rotatable bonds is 34. The molecule has 7 rings (SSSR count). The standard InChI is InChI=1S/C17H18F3N9O.C17H23F3N2O4.C12H13F3N2O3.C12H15F3N2O2.C12H12F3NO4.C9H17F3N2O2.C4H6F3NO2/c18-17(19,20)7-11(8-21)27-16-23-9-13(14(22)30)15(28-16)26-10-2-1-3-12(6-10)29-24-4-5-25-29;1-16(2,3)26-14(23)21-10-13(9-17(18,19)20)22-15(24)25-11-12-7-5-4-6-8-12;13-12(14,15)6-9(10(16)18)17-11(19)20-7-8-4-2-1-3-5-8;13-12(14,15)6-10(7-16)17-11(18)19-8-9-4-2-1-3-5-9;13-12(14,15)6-9(10(17)18)16-11(19)20-7-8-4-2-1-3-5-8;1-8(2,3)16-7(15)14-5-6(13)4-9(10,11)12;5-4(6,7)1-2(8)3(9)10/h1-6,9,11H,7-8,21H2,(H2,22,30)(H2,23,26,27,28);4-8,13H,9-11H2,1-3H3,(H,21,23)(H,22,24);1-5,9H,6-7H2,(H2,16,18)(H,17,19);1-5,10H,6-8,16H2,(H,17,18);1-5,9H,6-7H2,(H,16,19)(H,17,18);6H,4-5,13H2,1-3H3,(H,14,15);2H,1,8H2,(H,9,10)/t;13-;9-;10-;9-;6-;2-/m.111111/s1. The molecule has 0 fully saturated rings. The molecule has 37 nitrogen and oxygen atoms in total. The van der Waals surface area contributed by atoms with Crippen molar-refractivity contribution >= 4 is 77.8 Å². The lowest BCUT2D eigenvalue weighted by Gasteiger charge is -2.23. The average Bonchev–Trinajstić information content (AvgIpc) is 1.53. The van der Waals surface area contributed by atoms with Crippen molar-refractivity contribution in [2.24, 2.45) is 34.4 Å². The second-order valence-electron chi connectivity index (χ2n) is 30.9. The van der Waals surface area contributed by atoms with Gasteiger partial charge in [-0.25, -0.2) is 38.5 Å². The number of ether oxygens (including phenoxy) is 6. The number of carboxylic acid groups (broad SMARTS) is 2. The number of alkyl halides is 21. The normalized spacial score (nSPS) is 13.0. The van der Waals surface area contributed by atoms with Gasteiger partial charge in [0.25, 0.3) is 5.91 Å². The molecule has 2 heterocycles. The first-order chi connectivity index (χ1) is 65.0. The molecule has 141 heavy (non-hydrogen) atoms. The minimum absolute atomic E-state index is 0.00399. The van der Waals surface area contributed by atoms with Crippen molar-refractivity contribution in [2.75, 3.05) is 36.8 Å². The van der Waals surface area contributed by atoms with Crippen molar-refractivity contribution in [3.63, 3.8) is 0 Å². The number of nitrogens with zero attached hydrogens (tertiary/aromatic N) is 5. The molecule has 22 N–H and O–H groups in total. The zero-order valence-corrected chi connectivity index (χ0v) is 75.3. The molecule has 0 spiro atoms. The second-order valence-corrected chi connectivity index (χ2v) is 30.9. The largest absolute Gasteiger partial charge is 0.480 e. The van der Waals surface area contributed by atoms with E-state index in [4.69, 9.17) is 62.6 Å². The van der Waals surface area contributed by atoms with Gasteiger partial charge in [-0.3, -0.25) is 14.4 Å². The lowest BCUT2D eigenvalue weighted by Crippen LogP contribution is -2.47. The Morgan fingerprint density at radius 3 is 1.09 bits per heavy atom. The maximum Gasteiger partial charge on any atom is 0.408 e. The first kappa shape index (κ1) is 125. The maximum absolute atomic E-state index is 12.7. The number of primary amides is 2. The molecule has 2 aromatic heterocycles. The number of anilines is 3.